The summed E-state index contributed by atoms with van der Waals surface area (Å²) in [5, 5.41) is 2.85. The van der Waals surface area contributed by atoms with E-state index in [9.17, 15) is 4.79 Å². The molecule has 0 spiro atoms. The molecule has 0 radical (unpaired) electrons. The zero-order valence-corrected chi connectivity index (χ0v) is 11.8. The first kappa shape index (κ1) is 12.7. The average molecular weight is 295 g/mol. The second-order valence-electron chi connectivity index (χ2n) is 5.08. The number of anilines is 1. The molecule has 3 aromatic rings. The maximum Gasteiger partial charge on any atom is 0.255 e. The number of benzene rings is 2. The van der Waals surface area contributed by atoms with Crippen molar-refractivity contribution in [3.8, 4) is 11.5 Å². The maximum atomic E-state index is 12.3. The fraction of sp³-hybridized carbons (Fsp3) is 0.125. The van der Waals surface area contributed by atoms with E-state index in [0.717, 1.165) is 16.9 Å². The van der Waals surface area contributed by atoms with Crippen molar-refractivity contribution in [1.29, 1.82) is 0 Å². The van der Waals surface area contributed by atoms with Gasteiger partial charge in [0.05, 0.1) is 11.0 Å². The number of aromatic nitrogens is 2. The van der Waals surface area contributed by atoms with Crippen LogP contribution >= 0.6 is 0 Å². The van der Waals surface area contributed by atoms with Crippen molar-refractivity contribution in [3.63, 3.8) is 0 Å². The number of hydrogen-bond donors (Lipinski definition) is 2. The van der Waals surface area contributed by atoms with Crippen molar-refractivity contribution in [3.05, 3.63) is 47.8 Å². The number of nitrogens with one attached hydrogen (secondary N) is 2. The third kappa shape index (κ3) is 2.14. The number of carbonyl (C=O) groups excluding carboxylic acids is 1. The number of hydrogen-bond acceptors (Lipinski definition) is 4. The van der Waals surface area contributed by atoms with Gasteiger partial charge in [0, 0.05) is 17.3 Å². The zero-order valence-electron chi connectivity index (χ0n) is 11.8. The summed E-state index contributed by atoms with van der Waals surface area (Å²) in [5.41, 5.74) is 2.91. The molecule has 4 rings (SSSR count). The summed E-state index contributed by atoms with van der Waals surface area (Å²) < 4.78 is 10.5. The van der Waals surface area contributed by atoms with Crippen LogP contribution < -0.4 is 14.8 Å². The Bertz CT molecular complexity index is 885. The average Bonchev–Trinajstić information content (AvgIpc) is 3.10. The van der Waals surface area contributed by atoms with E-state index in [4.69, 9.17) is 9.47 Å². The Hall–Kier alpha value is -3.02. The van der Waals surface area contributed by atoms with E-state index in [1.54, 1.807) is 30.3 Å². The molecule has 0 unspecified atom stereocenters. The lowest BCUT2D eigenvalue weighted by molar-refractivity contribution is 0.102. The SMILES string of the molecule is Cc1nc2ccc(C(=O)Nc3ccc4c(c3)OCO4)cc2[nH]1. The van der Waals surface area contributed by atoms with Crippen LogP contribution in [-0.2, 0) is 0 Å². The van der Waals surface area contributed by atoms with Gasteiger partial charge in [-0.15, -0.1) is 0 Å². The standard InChI is InChI=1S/C16H13N3O3/c1-9-17-12-4-2-10(6-13(12)18-9)16(20)19-11-3-5-14-15(7-11)22-8-21-14/h2-7H,8H2,1H3,(H,17,18)(H,19,20). The minimum Gasteiger partial charge on any atom is -0.454 e. The molecule has 1 aromatic heterocycles. The molecule has 1 amide bonds. The van der Waals surface area contributed by atoms with Gasteiger partial charge in [0.15, 0.2) is 11.5 Å². The number of carbonyl (C=O) groups is 1. The van der Waals surface area contributed by atoms with Gasteiger partial charge in [-0.3, -0.25) is 4.79 Å². The molecule has 0 bridgehead atoms. The van der Waals surface area contributed by atoms with Gasteiger partial charge >= 0.3 is 0 Å². The van der Waals surface area contributed by atoms with E-state index < -0.39 is 0 Å². The molecule has 1 aliphatic heterocycles. The molecule has 0 aliphatic carbocycles. The molecular formula is C16H13N3O3. The van der Waals surface area contributed by atoms with E-state index in [1.807, 2.05) is 13.0 Å². The first-order valence-corrected chi connectivity index (χ1v) is 6.86. The first-order valence-electron chi connectivity index (χ1n) is 6.86. The molecule has 0 atom stereocenters. The quantitative estimate of drug-likeness (QED) is 0.762. The van der Waals surface area contributed by atoms with Gasteiger partial charge in [0.25, 0.3) is 5.91 Å². The number of H-pyrrole nitrogens is 1. The lowest BCUT2D eigenvalue weighted by Crippen LogP contribution is -2.11. The molecule has 0 saturated heterocycles. The number of imidazole rings is 1. The summed E-state index contributed by atoms with van der Waals surface area (Å²) in [7, 11) is 0. The predicted molar refractivity (Wildman–Crippen MR) is 81.3 cm³/mol. The van der Waals surface area contributed by atoms with Gasteiger partial charge in [-0.2, -0.15) is 0 Å². The lowest BCUT2D eigenvalue weighted by atomic mass is 10.2. The van der Waals surface area contributed by atoms with E-state index in [1.165, 1.54) is 0 Å². The topological polar surface area (TPSA) is 76.2 Å². The van der Waals surface area contributed by atoms with Crippen LogP contribution in [0.1, 0.15) is 16.2 Å². The number of aryl methyl sites for hydroxylation is 1. The van der Waals surface area contributed by atoms with Crippen molar-refractivity contribution in [1.82, 2.24) is 9.97 Å². The molecule has 0 fully saturated rings. The fourth-order valence-electron chi connectivity index (χ4n) is 2.46. The van der Waals surface area contributed by atoms with Gasteiger partial charge in [-0.05, 0) is 37.3 Å². The Morgan fingerprint density at radius 2 is 2.05 bits per heavy atom. The molecule has 2 aromatic carbocycles. The third-order valence-corrected chi connectivity index (χ3v) is 3.49. The molecule has 6 nitrogen and oxygen atoms in total. The van der Waals surface area contributed by atoms with Gasteiger partial charge in [-0.25, -0.2) is 4.98 Å². The van der Waals surface area contributed by atoms with Crippen molar-refractivity contribution in [2.75, 3.05) is 12.1 Å². The summed E-state index contributed by atoms with van der Waals surface area (Å²) in [5.74, 6) is 1.96. The van der Waals surface area contributed by atoms with Crippen LogP contribution in [0.3, 0.4) is 0 Å². The minimum atomic E-state index is -0.187. The second-order valence-corrected chi connectivity index (χ2v) is 5.08. The number of amides is 1. The Morgan fingerprint density at radius 1 is 1.18 bits per heavy atom. The Balaban J connectivity index is 1.60. The molecule has 2 N–H and O–H groups in total. The second kappa shape index (κ2) is 4.77. The third-order valence-electron chi connectivity index (χ3n) is 3.49. The van der Waals surface area contributed by atoms with Crippen LogP contribution in [0.15, 0.2) is 36.4 Å². The first-order chi connectivity index (χ1) is 10.7. The molecule has 22 heavy (non-hydrogen) atoms. The highest BCUT2D eigenvalue weighted by molar-refractivity contribution is 6.06. The number of fused-ring (bicyclic) bond motifs is 2. The lowest BCUT2D eigenvalue weighted by Gasteiger charge is -2.06. The van der Waals surface area contributed by atoms with Gasteiger partial charge in [0.2, 0.25) is 6.79 Å². The van der Waals surface area contributed by atoms with Gasteiger partial charge in [0.1, 0.15) is 5.82 Å². The van der Waals surface area contributed by atoms with Crippen LogP contribution in [0.2, 0.25) is 0 Å². The zero-order chi connectivity index (χ0) is 15.1. The number of nitrogens with zero attached hydrogens (tertiary/aromatic N) is 1. The summed E-state index contributed by atoms with van der Waals surface area (Å²) >= 11 is 0. The largest absolute Gasteiger partial charge is 0.454 e. The van der Waals surface area contributed by atoms with E-state index in [-0.39, 0.29) is 12.7 Å². The molecule has 1 aliphatic rings. The molecule has 2 heterocycles. The number of aromatic amines is 1. The van der Waals surface area contributed by atoms with Gasteiger partial charge < -0.3 is 19.8 Å². The fourth-order valence-corrected chi connectivity index (χ4v) is 2.46. The molecule has 0 saturated carbocycles. The van der Waals surface area contributed by atoms with E-state index >= 15 is 0 Å². The molecular weight excluding hydrogens is 282 g/mol. The highest BCUT2D eigenvalue weighted by atomic mass is 16.7. The monoisotopic (exact) mass is 295 g/mol. The number of ether oxygens (including phenoxy) is 2. The molecule has 110 valence electrons. The Labute approximate surface area is 126 Å². The highest BCUT2D eigenvalue weighted by Gasteiger charge is 2.15. The Kier molecular flexibility index (Phi) is 2.75. The van der Waals surface area contributed by atoms with Crippen LogP contribution in [0.25, 0.3) is 11.0 Å². The smallest absolute Gasteiger partial charge is 0.255 e. The predicted octanol–water partition coefficient (Wildman–Crippen LogP) is 2.85. The van der Waals surface area contributed by atoms with Gasteiger partial charge in [-0.1, -0.05) is 0 Å². The van der Waals surface area contributed by atoms with Crippen molar-refractivity contribution in [2.24, 2.45) is 0 Å². The van der Waals surface area contributed by atoms with Crippen LogP contribution in [0.5, 0.6) is 11.5 Å². The van der Waals surface area contributed by atoms with Crippen molar-refractivity contribution < 1.29 is 14.3 Å². The van der Waals surface area contributed by atoms with Crippen molar-refractivity contribution in [2.45, 2.75) is 6.92 Å². The minimum absolute atomic E-state index is 0.187. The maximum absolute atomic E-state index is 12.3. The van der Waals surface area contributed by atoms with E-state index in [0.29, 0.717) is 22.7 Å². The van der Waals surface area contributed by atoms with Crippen LogP contribution in [0, 0.1) is 6.92 Å². The Morgan fingerprint density at radius 3 is 2.95 bits per heavy atom. The summed E-state index contributed by atoms with van der Waals surface area (Å²) in [6, 6.07) is 10.7. The van der Waals surface area contributed by atoms with E-state index in [2.05, 4.69) is 15.3 Å². The van der Waals surface area contributed by atoms with Crippen molar-refractivity contribution >= 4 is 22.6 Å². The highest BCUT2D eigenvalue weighted by Crippen LogP contribution is 2.34. The number of rotatable bonds is 2. The summed E-state index contributed by atoms with van der Waals surface area (Å²) in [6.07, 6.45) is 0. The summed E-state index contributed by atoms with van der Waals surface area (Å²) in [6.45, 7) is 2.09. The van der Waals surface area contributed by atoms with Crippen LogP contribution in [0.4, 0.5) is 5.69 Å². The van der Waals surface area contributed by atoms with Crippen LogP contribution in [-0.4, -0.2) is 22.7 Å². The normalized spacial score (nSPS) is 12.6. The molecule has 6 heteroatoms. The summed E-state index contributed by atoms with van der Waals surface area (Å²) in [4.78, 5) is 19.8.